The Morgan fingerprint density at radius 2 is 1.90 bits per heavy atom. The zero-order chi connectivity index (χ0) is 26.8. The van der Waals surface area contributed by atoms with Crippen molar-refractivity contribution in [2.24, 2.45) is 0 Å². The molecule has 0 atom stereocenters. The Labute approximate surface area is 241 Å². The van der Waals surface area contributed by atoms with Crippen LogP contribution in [-0.4, -0.2) is 61.8 Å². The first-order valence-electron chi connectivity index (χ1n) is 13.2. The van der Waals surface area contributed by atoms with Gasteiger partial charge in [-0.1, -0.05) is 47.7 Å². The van der Waals surface area contributed by atoms with Crippen LogP contribution in [-0.2, 0) is 4.74 Å². The van der Waals surface area contributed by atoms with Crippen molar-refractivity contribution in [1.82, 2.24) is 9.88 Å². The average molecular weight is 580 g/mol. The number of carbonyl (C=O) groups excluding carboxylic acids is 1. The van der Waals surface area contributed by atoms with Crippen molar-refractivity contribution in [3.05, 3.63) is 76.6 Å². The molecule has 0 saturated carbocycles. The number of aromatic nitrogens is 1. The highest BCUT2D eigenvalue weighted by molar-refractivity contribution is 7.22. The summed E-state index contributed by atoms with van der Waals surface area (Å²) in [4.78, 5) is 35.9. The molecule has 1 fully saturated rings. The van der Waals surface area contributed by atoms with E-state index < -0.39 is 11.5 Å². The number of fused-ring (bicyclic) bond motifs is 4. The molecule has 1 amide bonds. The maximum absolute atomic E-state index is 14.1. The minimum atomic E-state index is -0.655. The van der Waals surface area contributed by atoms with Crippen LogP contribution in [0.3, 0.4) is 0 Å². The summed E-state index contributed by atoms with van der Waals surface area (Å²) >= 11 is 1.41. The van der Waals surface area contributed by atoms with Crippen molar-refractivity contribution in [2.45, 2.75) is 13.3 Å². The van der Waals surface area contributed by atoms with Crippen LogP contribution >= 0.6 is 23.7 Å². The first-order chi connectivity index (χ1) is 19.1. The lowest BCUT2D eigenvalue weighted by Gasteiger charge is -2.27. The van der Waals surface area contributed by atoms with Crippen LogP contribution in [0, 0.1) is 0 Å². The molecule has 0 radical (unpaired) electrons. The van der Waals surface area contributed by atoms with Crippen LogP contribution < -0.4 is 15.3 Å². The minimum Gasteiger partial charge on any atom is -0.492 e. The molecule has 6 rings (SSSR count). The normalized spacial score (nSPS) is 13.9. The van der Waals surface area contributed by atoms with Gasteiger partial charge in [0.05, 0.1) is 24.5 Å². The topological polar surface area (TPSA) is 85.1 Å². The lowest BCUT2D eigenvalue weighted by molar-refractivity contribution is 0.0376. The Morgan fingerprint density at radius 1 is 1.07 bits per heavy atom. The minimum absolute atomic E-state index is 0. The van der Waals surface area contributed by atoms with Gasteiger partial charge in [0.15, 0.2) is 5.13 Å². The van der Waals surface area contributed by atoms with E-state index in [9.17, 15) is 9.59 Å². The van der Waals surface area contributed by atoms with Gasteiger partial charge < -0.3 is 13.9 Å². The van der Waals surface area contributed by atoms with E-state index in [2.05, 4.69) is 4.90 Å². The summed E-state index contributed by atoms with van der Waals surface area (Å²) in [5.41, 5.74) is 0.504. The molecule has 5 aromatic rings. The third kappa shape index (κ3) is 5.55. The van der Waals surface area contributed by atoms with Crippen molar-refractivity contribution in [1.29, 1.82) is 0 Å². The summed E-state index contributed by atoms with van der Waals surface area (Å²) in [6.45, 7) is 6.84. The molecule has 1 aliphatic rings. The molecule has 1 aliphatic heterocycles. The van der Waals surface area contributed by atoms with Crippen LogP contribution in [0.5, 0.6) is 5.75 Å². The molecule has 0 unspecified atom stereocenters. The molecule has 1 saturated heterocycles. The van der Waals surface area contributed by atoms with Gasteiger partial charge in [-0.05, 0) is 48.4 Å². The highest BCUT2D eigenvalue weighted by Crippen LogP contribution is 2.35. The highest BCUT2D eigenvalue weighted by Gasteiger charge is 2.26. The Morgan fingerprint density at radius 3 is 2.73 bits per heavy atom. The van der Waals surface area contributed by atoms with E-state index in [1.807, 2.05) is 55.5 Å². The fraction of sp³-hybridized carbons (Fsp3) is 0.300. The maximum Gasteiger partial charge on any atom is 0.349 e. The smallest absolute Gasteiger partial charge is 0.349 e. The Bertz CT molecular complexity index is 1710. The third-order valence-corrected chi connectivity index (χ3v) is 8.02. The van der Waals surface area contributed by atoms with Gasteiger partial charge in [0.25, 0.3) is 5.91 Å². The number of hydrogen-bond donors (Lipinski definition) is 0. The summed E-state index contributed by atoms with van der Waals surface area (Å²) in [5.74, 6) is 0.257. The van der Waals surface area contributed by atoms with Crippen molar-refractivity contribution >= 4 is 66.7 Å². The monoisotopic (exact) mass is 579 g/mol. The zero-order valence-corrected chi connectivity index (χ0v) is 23.8. The van der Waals surface area contributed by atoms with Gasteiger partial charge in [-0.15, -0.1) is 12.4 Å². The number of nitrogens with zero attached hydrogens (tertiary/aromatic N) is 3. The Balaban J connectivity index is 0.00000323. The van der Waals surface area contributed by atoms with E-state index in [1.165, 1.54) is 11.3 Å². The summed E-state index contributed by atoms with van der Waals surface area (Å²) in [5, 5.41) is 3.19. The fourth-order valence-corrected chi connectivity index (χ4v) is 6.03. The molecule has 8 nitrogen and oxygen atoms in total. The maximum atomic E-state index is 14.1. The van der Waals surface area contributed by atoms with Crippen LogP contribution in [0.25, 0.3) is 32.0 Å². The quantitative estimate of drug-likeness (QED) is 0.171. The second kappa shape index (κ2) is 12.3. The van der Waals surface area contributed by atoms with Crippen molar-refractivity contribution < 1.29 is 18.7 Å². The predicted molar refractivity (Wildman–Crippen MR) is 162 cm³/mol. The Hall–Kier alpha value is -3.50. The van der Waals surface area contributed by atoms with E-state index in [1.54, 1.807) is 17.0 Å². The third-order valence-electron chi connectivity index (χ3n) is 6.98. The molecule has 2 aromatic heterocycles. The summed E-state index contributed by atoms with van der Waals surface area (Å²) < 4.78 is 17.8. The number of hydrogen-bond acceptors (Lipinski definition) is 8. The van der Waals surface area contributed by atoms with Crippen molar-refractivity contribution in [2.75, 3.05) is 50.9 Å². The summed E-state index contributed by atoms with van der Waals surface area (Å²) in [6.07, 6.45) is 0.724. The van der Waals surface area contributed by atoms with Crippen LogP contribution in [0.2, 0.25) is 0 Å². The molecule has 208 valence electrons. The van der Waals surface area contributed by atoms with Gasteiger partial charge in [-0.3, -0.25) is 14.6 Å². The molecule has 0 aliphatic carbocycles. The number of benzene rings is 3. The number of halogens is 1. The Kier molecular flexibility index (Phi) is 8.66. The van der Waals surface area contributed by atoms with Gasteiger partial charge in [0, 0.05) is 31.6 Å². The van der Waals surface area contributed by atoms with E-state index in [0.29, 0.717) is 48.3 Å². The summed E-state index contributed by atoms with van der Waals surface area (Å²) in [6, 6.07) is 19.0. The largest absolute Gasteiger partial charge is 0.492 e. The van der Waals surface area contributed by atoms with E-state index in [0.717, 1.165) is 46.9 Å². The van der Waals surface area contributed by atoms with Gasteiger partial charge in [0.1, 0.15) is 22.4 Å². The van der Waals surface area contributed by atoms with Crippen LogP contribution in [0.1, 0.15) is 23.7 Å². The van der Waals surface area contributed by atoms with Gasteiger partial charge in [-0.2, -0.15) is 0 Å². The number of rotatable bonds is 8. The van der Waals surface area contributed by atoms with Gasteiger partial charge in [0.2, 0.25) is 0 Å². The first kappa shape index (κ1) is 28.0. The average Bonchev–Trinajstić information content (AvgIpc) is 3.40. The second-order valence-electron chi connectivity index (χ2n) is 9.44. The SMILES string of the molecule is CCOc1cccc2sc(N(CCCN3CCOCC3)C(=O)c3cc4c(ccc5ccccc54)oc3=O)nc12.Cl. The predicted octanol–water partition coefficient (Wildman–Crippen LogP) is 5.75. The molecule has 0 spiro atoms. The lowest BCUT2D eigenvalue weighted by atomic mass is 10.0. The molecule has 3 aromatic carbocycles. The standard InChI is InChI=1S/C30H29N3O5S.ClH/c1-2-37-25-9-5-10-26-27(25)31-30(39-26)33(14-6-13-32-15-17-36-18-16-32)28(34)23-19-22-21-8-4-3-7-20(21)11-12-24(22)38-29(23)35;/h3-5,7-12,19H,2,6,13-18H2,1H3;1H. The number of carbonyl (C=O) groups is 1. The van der Waals surface area contributed by atoms with E-state index in [4.69, 9.17) is 18.9 Å². The second-order valence-corrected chi connectivity index (χ2v) is 10.5. The lowest BCUT2D eigenvalue weighted by Crippen LogP contribution is -2.40. The number of anilines is 1. The van der Waals surface area contributed by atoms with Crippen LogP contribution in [0.15, 0.2) is 69.9 Å². The number of ether oxygens (including phenoxy) is 2. The molecular weight excluding hydrogens is 550 g/mol. The van der Waals surface area contributed by atoms with Crippen molar-refractivity contribution in [3.8, 4) is 5.75 Å². The number of morpholine rings is 1. The molecule has 3 heterocycles. The van der Waals surface area contributed by atoms with E-state index >= 15 is 0 Å². The molecule has 0 bridgehead atoms. The highest BCUT2D eigenvalue weighted by atomic mass is 35.5. The zero-order valence-electron chi connectivity index (χ0n) is 22.1. The van der Waals surface area contributed by atoms with Gasteiger partial charge >= 0.3 is 5.63 Å². The van der Waals surface area contributed by atoms with Crippen molar-refractivity contribution in [3.63, 3.8) is 0 Å². The fourth-order valence-electron chi connectivity index (χ4n) is 5.03. The molecular formula is C30H30ClN3O5S. The van der Waals surface area contributed by atoms with Crippen LogP contribution in [0.4, 0.5) is 5.13 Å². The molecule has 40 heavy (non-hydrogen) atoms. The number of para-hydroxylation sites is 1. The van der Waals surface area contributed by atoms with E-state index in [-0.39, 0.29) is 18.0 Å². The molecule has 10 heteroatoms. The molecule has 0 N–H and O–H groups in total. The first-order valence-corrected chi connectivity index (χ1v) is 14.0. The van der Waals surface area contributed by atoms with Gasteiger partial charge in [-0.25, -0.2) is 9.78 Å². The number of thiazole rings is 1. The number of amides is 1. The summed E-state index contributed by atoms with van der Waals surface area (Å²) in [7, 11) is 0.